The van der Waals surface area contributed by atoms with Crippen molar-refractivity contribution in [3.05, 3.63) is 47.2 Å². The van der Waals surface area contributed by atoms with E-state index in [9.17, 15) is 4.79 Å². The highest BCUT2D eigenvalue weighted by atomic mass is 16.3. The van der Waals surface area contributed by atoms with E-state index < -0.39 is 0 Å². The van der Waals surface area contributed by atoms with Crippen LogP contribution in [0.5, 0.6) is 0 Å². The summed E-state index contributed by atoms with van der Waals surface area (Å²) in [6.45, 7) is 4.58. The van der Waals surface area contributed by atoms with Crippen molar-refractivity contribution in [1.29, 1.82) is 0 Å². The van der Waals surface area contributed by atoms with Crippen molar-refractivity contribution < 1.29 is 14.3 Å². The highest BCUT2D eigenvalue weighted by molar-refractivity contribution is 5.92. The second-order valence-electron chi connectivity index (χ2n) is 4.74. The van der Waals surface area contributed by atoms with E-state index in [4.69, 9.17) is 9.52 Å². The first-order chi connectivity index (χ1) is 9.63. The van der Waals surface area contributed by atoms with E-state index in [2.05, 4.69) is 5.32 Å². The van der Waals surface area contributed by atoms with Gasteiger partial charge < -0.3 is 14.8 Å². The predicted octanol–water partition coefficient (Wildman–Crippen LogP) is 2.68. The van der Waals surface area contributed by atoms with Crippen LogP contribution in [-0.2, 0) is 0 Å². The Morgan fingerprint density at radius 1 is 1.25 bits per heavy atom. The summed E-state index contributed by atoms with van der Waals surface area (Å²) < 4.78 is 5.62. The number of hydrogen-bond donors (Lipinski definition) is 2. The van der Waals surface area contributed by atoms with Gasteiger partial charge >= 0.3 is 0 Å². The summed E-state index contributed by atoms with van der Waals surface area (Å²) >= 11 is 0. The molecule has 1 heterocycles. The van der Waals surface area contributed by atoms with Crippen molar-refractivity contribution in [2.75, 3.05) is 13.2 Å². The van der Waals surface area contributed by atoms with E-state index in [0.717, 1.165) is 11.1 Å². The Labute approximate surface area is 118 Å². The predicted molar refractivity (Wildman–Crippen MR) is 77.7 cm³/mol. The molecule has 2 N–H and O–H groups in total. The molecule has 0 aliphatic heterocycles. The molecule has 2 aromatic rings. The molecule has 0 saturated heterocycles. The lowest BCUT2D eigenvalue weighted by Crippen LogP contribution is -2.24. The fourth-order valence-electron chi connectivity index (χ4n) is 1.99. The van der Waals surface area contributed by atoms with Crippen LogP contribution in [0.1, 0.15) is 28.1 Å². The molecule has 0 fully saturated rings. The summed E-state index contributed by atoms with van der Waals surface area (Å²) in [6, 6.07) is 9.48. The van der Waals surface area contributed by atoms with Gasteiger partial charge in [0.15, 0.2) is 5.76 Å². The topological polar surface area (TPSA) is 62.5 Å². The van der Waals surface area contributed by atoms with Crippen molar-refractivity contribution in [3.8, 4) is 11.3 Å². The molecule has 0 saturated carbocycles. The van der Waals surface area contributed by atoms with Gasteiger partial charge in [-0.1, -0.05) is 18.2 Å². The van der Waals surface area contributed by atoms with Gasteiger partial charge in [0.2, 0.25) is 0 Å². The van der Waals surface area contributed by atoms with E-state index in [1.54, 1.807) is 6.07 Å². The molecular weight excluding hydrogens is 254 g/mol. The summed E-state index contributed by atoms with van der Waals surface area (Å²) in [5.41, 5.74) is 3.33. The molecule has 106 valence electrons. The second kappa shape index (κ2) is 6.39. The van der Waals surface area contributed by atoms with Gasteiger partial charge in [-0.2, -0.15) is 0 Å². The molecule has 2 rings (SSSR count). The van der Waals surface area contributed by atoms with Crippen molar-refractivity contribution in [2.24, 2.45) is 0 Å². The minimum atomic E-state index is -0.255. The van der Waals surface area contributed by atoms with Gasteiger partial charge in [-0.15, -0.1) is 0 Å². The Kier molecular flexibility index (Phi) is 4.58. The number of carbonyl (C=O) groups is 1. The minimum Gasteiger partial charge on any atom is -0.451 e. The lowest BCUT2D eigenvalue weighted by atomic mass is 10.0. The first-order valence-electron chi connectivity index (χ1n) is 6.69. The van der Waals surface area contributed by atoms with Crippen LogP contribution in [0.4, 0.5) is 0 Å². The zero-order valence-electron chi connectivity index (χ0n) is 11.8. The number of benzene rings is 1. The zero-order valence-corrected chi connectivity index (χ0v) is 11.8. The summed E-state index contributed by atoms with van der Waals surface area (Å²) in [5, 5.41) is 11.4. The Hall–Kier alpha value is -2.07. The van der Waals surface area contributed by atoms with Crippen LogP contribution in [-0.4, -0.2) is 24.2 Å². The minimum absolute atomic E-state index is 0.0617. The van der Waals surface area contributed by atoms with E-state index in [0.29, 0.717) is 24.5 Å². The van der Waals surface area contributed by atoms with Gasteiger partial charge in [-0.25, -0.2) is 0 Å². The number of carbonyl (C=O) groups excluding carboxylic acids is 1. The molecule has 0 radical (unpaired) electrons. The largest absolute Gasteiger partial charge is 0.451 e. The van der Waals surface area contributed by atoms with Crippen molar-refractivity contribution in [2.45, 2.75) is 20.3 Å². The lowest BCUT2D eigenvalue weighted by Gasteiger charge is -2.05. The van der Waals surface area contributed by atoms with Gasteiger partial charge in [-0.3, -0.25) is 4.79 Å². The van der Waals surface area contributed by atoms with E-state index in [1.165, 1.54) is 5.56 Å². The van der Waals surface area contributed by atoms with Crippen LogP contribution in [0.3, 0.4) is 0 Å². The van der Waals surface area contributed by atoms with E-state index in [-0.39, 0.29) is 12.5 Å². The molecule has 0 aliphatic carbocycles. The molecule has 0 bridgehead atoms. The average Bonchev–Trinajstić information content (AvgIpc) is 2.91. The Morgan fingerprint density at radius 3 is 2.80 bits per heavy atom. The number of furan rings is 1. The lowest BCUT2D eigenvalue weighted by molar-refractivity contribution is 0.0924. The van der Waals surface area contributed by atoms with Crippen molar-refractivity contribution in [1.82, 2.24) is 5.32 Å². The zero-order chi connectivity index (χ0) is 14.5. The third-order valence-corrected chi connectivity index (χ3v) is 3.32. The SMILES string of the molecule is Cc1cccc(-c2ccc(C(=O)NCCCO)o2)c1C. The molecular formula is C16H19NO3. The van der Waals surface area contributed by atoms with Crippen LogP contribution >= 0.6 is 0 Å². The monoisotopic (exact) mass is 273 g/mol. The molecule has 1 aromatic heterocycles. The third-order valence-electron chi connectivity index (χ3n) is 3.32. The number of nitrogens with one attached hydrogen (secondary N) is 1. The number of amides is 1. The standard InChI is InChI=1S/C16H19NO3/c1-11-5-3-6-13(12(11)2)14-7-8-15(20-14)16(19)17-9-4-10-18/h3,5-8,18H,4,9-10H2,1-2H3,(H,17,19). The van der Waals surface area contributed by atoms with Gasteiger partial charge in [-0.05, 0) is 43.5 Å². The Balaban J connectivity index is 2.16. The molecule has 20 heavy (non-hydrogen) atoms. The van der Waals surface area contributed by atoms with Gasteiger partial charge in [0.25, 0.3) is 5.91 Å². The van der Waals surface area contributed by atoms with Crippen LogP contribution in [0.2, 0.25) is 0 Å². The third kappa shape index (κ3) is 3.08. The van der Waals surface area contributed by atoms with Gasteiger partial charge in [0, 0.05) is 18.7 Å². The molecule has 0 aliphatic rings. The van der Waals surface area contributed by atoms with Crippen LogP contribution in [0, 0.1) is 13.8 Å². The first-order valence-corrected chi connectivity index (χ1v) is 6.69. The van der Waals surface area contributed by atoms with E-state index in [1.807, 2.05) is 38.1 Å². The van der Waals surface area contributed by atoms with Gasteiger partial charge in [0.1, 0.15) is 5.76 Å². The number of hydrogen-bond acceptors (Lipinski definition) is 3. The Morgan fingerprint density at radius 2 is 2.05 bits per heavy atom. The second-order valence-corrected chi connectivity index (χ2v) is 4.74. The maximum absolute atomic E-state index is 11.8. The summed E-state index contributed by atoms with van der Waals surface area (Å²) in [5.74, 6) is 0.729. The molecule has 1 aromatic carbocycles. The smallest absolute Gasteiger partial charge is 0.287 e. The molecule has 0 spiro atoms. The van der Waals surface area contributed by atoms with Gasteiger partial charge in [0.05, 0.1) is 0 Å². The maximum Gasteiger partial charge on any atom is 0.287 e. The fraction of sp³-hybridized carbons (Fsp3) is 0.312. The highest BCUT2D eigenvalue weighted by Crippen LogP contribution is 2.27. The average molecular weight is 273 g/mol. The maximum atomic E-state index is 11.8. The van der Waals surface area contributed by atoms with Crippen LogP contribution in [0.15, 0.2) is 34.7 Å². The number of aryl methyl sites for hydroxylation is 1. The number of rotatable bonds is 5. The number of aliphatic hydroxyl groups is 1. The van der Waals surface area contributed by atoms with Crippen molar-refractivity contribution in [3.63, 3.8) is 0 Å². The quantitative estimate of drug-likeness (QED) is 0.823. The van der Waals surface area contributed by atoms with E-state index >= 15 is 0 Å². The molecule has 0 unspecified atom stereocenters. The summed E-state index contributed by atoms with van der Waals surface area (Å²) in [4.78, 5) is 11.8. The molecule has 4 heteroatoms. The van der Waals surface area contributed by atoms with Crippen molar-refractivity contribution >= 4 is 5.91 Å². The first kappa shape index (κ1) is 14.3. The molecule has 4 nitrogen and oxygen atoms in total. The highest BCUT2D eigenvalue weighted by Gasteiger charge is 2.13. The normalized spacial score (nSPS) is 10.6. The van der Waals surface area contributed by atoms with Crippen LogP contribution < -0.4 is 5.32 Å². The summed E-state index contributed by atoms with van der Waals surface area (Å²) in [6.07, 6.45) is 0.538. The Bertz CT molecular complexity index is 602. The molecule has 1 amide bonds. The number of aliphatic hydroxyl groups excluding tert-OH is 1. The molecule has 0 atom stereocenters. The van der Waals surface area contributed by atoms with Crippen LogP contribution in [0.25, 0.3) is 11.3 Å². The summed E-state index contributed by atoms with van der Waals surface area (Å²) in [7, 11) is 0. The fourth-order valence-corrected chi connectivity index (χ4v) is 1.99.